The summed E-state index contributed by atoms with van der Waals surface area (Å²) in [6.45, 7) is 27.5. The number of fused-ring (bicyclic) bond motifs is 8. The molecule has 1 N–H and O–H groups in total. The molecule has 6 nitrogen and oxygen atoms in total. The van der Waals surface area contributed by atoms with Gasteiger partial charge in [0.1, 0.15) is 0 Å². The van der Waals surface area contributed by atoms with Crippen molar-refractivity contribution in [1.82, 2.24) is 15.1 Å². The molecular weight excluding hydrogens is 655 g/mol. The molecule has 1 aromatic carbocycles. The Bertz CT molecular complexity index is 1770. The van der Waals surface area contributed by atoms with Gasteiger partial charge in [-0.3, -0.25) is 14.8 Å². The lowest BCUT2D eigenvalue weighted by Crippen LogP contribution is -2.65. The lowest BCUT2D eigenvalue weighted by molar-refractivity contribution is -0.180. The molecule has 6 aliphatic rings. The minimum atomic E-state index is -0.442. The Morgan fingerprint density at radius 2 is 1.72 bits per heavy atom. The normalized spacial score (nSPS) is 37.5. The molecule has 0 bridgehead atoms. The first-order chi connectivity index (χ1) is 25.1. The van der Waals surface area contributed by atoms with E-state index in [2.05, 4.69) is 96.6 Å². The molecule has 53 heavy (non-hydrogen) atoms. The molecule has 4 fully saturated rings. The minimum Gasteiger partial charge on any atom is -0.465 e. The zero-order valence-corrected chi connectivity index (χ0v) is 34.7. The summed E-state index contributed by atoms with van der Waals surface area (Å²) in [7, 11) is 0. The molecule has 0 amide bonds. The quantitative estimate of drug-likeness (QED) is 0.228. The number of benzene rings is 1. The third-order valence-electron chi connectivity index (χ3n) is 17.1. The molecule has 5 aliphatic carbocycles. The van der Waals surface area contributed by atoms with Gasteiger partial charge in [0, 0.05) is 30.7 Å². The molecule has 8 rings (SSSR count). The van der Waals surface area contributed by atoms with Crippen molar-refractivity contribution >= 4 is 11.5 Å². The number of hydrogen-bond donors (Lipinski definition) is 1. The van der Waals surface area contributed by atoms with Crippen LogP contribution >= 0.6 is 0 Å². The molecule has 2 heterocycles. The van der Waals surface area contributed by atoms with E-state index in [-0.39, 0.29) is 39.0 Å². The van der Waals surface area contributed by atoms with E-state index in [1.807, 2.05) is 0 Å². The molecule has 1 saturated heterocycles. The van der Waals surface area contributed by atoms with Gasteiger partial charge in [0.05, 0.1) is 30.9 Å². The third-order valence-corrected chi connectivity index (χ3v) is 17.1. The molecule has 1 aromatic heterocycles. The van der Waals surface area contributed by atoms with Gasteiger partial charge < -0.3 is 9.47 Å². The van der Waals surface area contributed by atoms with Crippen LogP contribution in [0.2, 0.25) is 0 Å². The SMILES string of the molecule is CCCCOC(=O)[C@]12CCC(C)(C)C[C@H]1C1=C(c3ccccc3CN3CCOCC3)CC3[C@@]4(C)Cc5c(n[nH]c5C)C(C)(C)[C@@H]4CC[C@@]3(C)[C@]1(C)CC2. The van der Waals surface area contributed by atoms with Crippen LogP contribution in [0, 0.1) is 51.8 Å². The number of rotatable bonds is 7. The van der Waals surface area contributed by atoms with Crippen LogP contribution in [0.5, 0.6) is 0 Å². The number of nitrogens with zero attached hydrogens (tertiary/aromatic N) is 2. The fraction of sp³-hybridized carbons (Fsp3) is 0.745. The van der Waals surface area contributed by atoms with Gasteiger partial charge in [-0.1, -0.05) is 91.6 Å². The molecular formula is C47H69N3O3. The number of aromatic amines is 1. The zero-order chi connectivity index (χ0) is 37.6. The van der Waals surface area contributed by atoms with Gasteiger partial charge in [-0.25, -0.2) is 0 Å². The first kappa shape index (κ1) is 37.5. The highest BCUT2D eigenvalue weighted by molar-refractivity contribution is 5.82. The number of aryl methyl sites for hydroxylation is 1. The third kappa shape index (κ3) is 5.59. The van der Waals surface area contributed by atoms with E-state index in [0.29, 0.717) is 18.4 Å². The maximum absolute atomic E-state index is 14.7. The van der Waals surface area contributed by atoms with Crippen LogP contribution in [0.1, 0.15) is 148 Å². The predicted octanol–water partition coefficient (Wildman–Crippen LogP) is 10.2. The van der Waals surface area contributed by atoms with Crippen LogP contribution in [-0.2, 0) is 32.6 Å². The number of morpholine rings is 1. The van der Waals surface area contributed by atoms with E-state index in [0.717, 1.165) is 90.6 Å². The number of hydrogen-bond acceptors (Lipinski definition) is 5. The molecule has 2 aromatic rings. The van der Waals surface area contributed by atoms with E-state index >= 15 is 0 Å². The van der Waals surface area contributed by atoms with Crippen molar-refractivity contribution in [2.24, 2.45) is 44.8 Å². The van der Waals surface area contributed by atoms with E-state index in [1.165, 1.54) is 40.9 Å². The molecule has 0 spiro atoms. The van der Waals surface area contributed by atoms with Gasteiger partial charge in [-0.2, -0.15) is 5.10 Å². The Kier molecular flexibility index (Phi) is 9.24. The van der Waals surface area contributed by atoms with Gasteiger partial charge in [-0.05, 0) is 133 Å². The number of H-pyrrole nitrogens is 1. The van der Waals surface area contributed by atoms with Crippen molar-refractivity contribution in [3.8, 4) is 0 Å². The molecule has 6 heteroatoms. The van der Waals surface area contributed by atoms with Crippen LogP contribution in [0.3, 0.4) is 0 Å². The summed E-state index contributed by atoms with van der Waals surface area (Å²) in [4.78, 5) is 17.3. The lowest BCUT2D eigenvalue weighted by Gasteiger charge is -2.71. The Hall–Kier alpha value is -2.44. The number of carbonyl (C=O) groups is 1. The van der Waals surface area contributed by atoms with Gasteiger partial charge in [0.2, 0.25) is 0 Å². The summed E-state index contributed by atoms with van der Waals surface area (Å²) in [6.07, 6.45) is 11.7. The van der Waals surface area contributed by atoms with Crippen molar-refractivity contribution in [2.75, 3.05) is 32.9 Å². The summed E-state index contributed by atoms with van der Waals surface area (Å²) in [5, 5.41) is 8.41. The molecule has 1 unspecified atom stereocenters. The Morgan fingerprint density at radius 1 is 0.981 bits per heavy atom. The Balaban J connectivity index is 1.34. The minimum absolute atomic E-state index is 0.00504. The van der Waals surface area contributed by atoms with E-state index < -0.39 is 5.41 Å². The second kappa shape index (κ2) is 13.1. The highest BCUT2D eigenvalue weighted by Crippen LogP contribution is 2.77. The number of unbranched alkanes of at least 4 members (excludes halogenated alkanes) is 1. The van der Waals surface area contributed by atoms with Crippen molar-refractivity contribution in [3.05, 3.63) is 57.9 Å². The predicted molar refractivity (Wildman–Crippen MR) is 213 cm³/mol. The fourth-order valence-electron chi connectivity index (χ4n) is 13.9. The summed E-state index contributed by atoms with van der Waals surface area (Å²) >= 11 is 0. The number of ether oxygens (including phenoxy) is 2. The van der Waals surface area contributed by atoms with Crippen LogP contribution in [0.4, 0.5) is 0 Å². The molecule has 7 atom stereocenters. The van der Waals surface area contributed by atoms with E-state index in [9.17, 15) is 4.79 Å². The summed E-state index contributed by atoms with van der Waals surface area (Å²) in [6, 6.07) is 9.39. The van der Waals surface area contributed by atoms with Crippen LogP contribution in [0.25, 0.3) is 5.57 Å². The van der Waals surface area contributed by atoms with Gasteiger partial charge in [-0.15, -0.1) is 0 Å². The van der Waals surface area contributed by atoms with E-state index in [1.54, 1.807) is 11.1 Å². The zero-order valence-electron chi connectivity index (χ0n) is 34.7. The second-order valence-electron chi connectivity index (χ2n) is 20.7. The number of esters is 1. The maximum Gasteiger partial charge on any atom is 0.312 e. The number of nitrogens with one attached hydrogen (secondary N) is 1. The first-order valence-electron chi connectivity index (χ1n) is 21.4. The summed E-state index contributed by atoms with van der Waals surface area (Å²) in [5.74, 6) is 1.36. The summed E-state index contributed by atoms with van der Waals surface area (Å²) in [5.41, 5.74) is 10.1. The van der Waals surface area contributed by atoms with Crippen molar-refractivity contribution in [2.45, 2.75) is 145 Å². The number of aromatic nitrogens is 2. The smallest absolute Gasteiger partial charge is 0.312 e. The van der Waals surface area contributed by atoms with Crippen molar-refractivity contribution < 1.29 is 14.3 Å². The molecule has 1 aliphatic heterocycles. The van der Waals surface area contributed by atoms with E-state index in [4.69, 9.17) is 14.6 Å². The molecule has 290 valence electrons. The average Bonchev–Trinajstić information content (AvgIpc) is 3.49. The second-order valence-corrected chi connectivity index (χ2v) is 20.7. The topological polar surface area (TPSA) is 67.4 Å². The van der Waals surface area contributed by atoms with Gasteiger partial charge >= 0.3 is 5.97 Å². The number of carbonyl (C=O) groups excluding carboxylic acids is 1. The lowest BCUT2D eigenvalue weighted by atomic mass is 9.32. The summed E-state index contributed by atoms with van der Waals surface area (Å²) < 4.78 is 12.1. The molecule has 0 radical (unpaired) electrons. The number of allylic oxidation sites excluding steroid dienone is 2. The maximum atomic E-state index is 14.7. The van der Waals surface area contributed by atoms with Gasteiger partial charge in [0.15, 0.2) is 0 Å². The Labute approximate surface area is 320 Å². The van der Waals surface area contributed by atoms with Crippen LogP contribution in [0.15, 0.2) is 29.8 Å². The van der Waals surface area contributed by atoms with Crippen LogP contribution < -0.4 is 0 Å². The van der Waals surface area contributed by atoms with Gasteiger partial charge in [0.25, 0.3) is 0 Å². The highest BCUT2D eigenvalue weighted by atomic mass is 16.5. The molecule has 3 saturated carbocycles. The highest BCUT2D eigenvalue weighted by Gasteiger charge is 2.70. The van der Waals surface area contributed by atoms with Crippen molar-refractivity contribution in [1.29, 1.82) is 0 Å². The van der Waals surface area contributed by atoms with Crippen LogP contribution in [-0.4, -0.2) is 54.0 Å². The Morgan fingerprint density at radius 3 is 2.47 bits per heavy atom. The average molecular weight is 724 g/mol. The monoisotopic (exact) mass is 724 g/mol. The first-order valence-corrected chi connectivity index (χ1v) is 21.4. The van der Waals surface area contributed by atoms with Crippen molar-refractivity contribution in [3.63, 3.8) is 0 Å². The fourth-order valence-corrected chi connectivity index (χ4v) is 13.9. The largest absolute Gasteiger partial charge is 0.465 e. The standard InChI is InChI=1S/C47H69N3O3/c1-10-11-24-53-41(51)47-20-18-42(3,4)29-36(47)39-34(33-15-13-12-14-32(33)30-50-22-25-52-26-23-50)27-38-44(7)28-35-31(2)48-49-40(35)43(5,6)37(44)16-17-45(38,8)46(39,9)19-21-47/h12-15,36-38H,10-11,16-30H2,1-9H3,(H,48,49)/t36-,37-,38?,44-,45+,46+,47-/m0/s1.